The Kier molecular flexibility index (Phi) is 5.16. The highest BCUT2D eigenvalue weighted by molar-refractivity contribution is 5.93. The second-order valence-electron chi connectivity index (χ2n) is 6.36. The van der Waals surface area contributed by atoms with Gasteiger partial charge in [-0.1, -0.05) is 6.07 Å². The molecule has 0 spiro atoms. The van der Waals surface area contributed by atoms with Crippen LogP contribution in [0.2, 0.25) is 0 Å². The number of benzene rings is 1. The van der Waals surface area contributed by atoms with Crippen LogP contribution < -0.4 is 17.0 Å². The summed E-state index contributed by atoms with van der Waals surface area (Å²) in [6, 6.07) is 3.81. The quantitative estimate of drug-likeness (QED) is 0.382. The molecule has 1 atom stereocenters. The molecule has 2 heterocycles. The molecule has 0 bridgehead atoms. The lowest BCUT2D eigenvalue weighted by Gasteiger charge is -2.46. The van der Waals surface area contributed by atoms with Crippen molar-refractivity contribution in [2.75, 3.05) is 32.8 Å². The van der Waals surface area contributed by atoms with E-state index in [0.29, 0.717) is 44.3 Å². The van der Waals surface area contributed by atoms with Gasteiger partial charge in [-0.25, -0.2) is 15.0 Å². The fourth-order valence-electron chi connectivity index (χ4n) is 3.30. The van der Waals surface area contributed by atoms with Crippen molar-refractivity contribution in [2.24, 2.45) is 11.6 Å². The molecule has 136 valence electrons. The number of primary amides is 1. The third-order valence-corrected chi connectivity index (χ3v) is 4.84. The van der Waals surface area contributed by atoms with E-state index in [4.69, 9.17) is 16.3 Å². The van der Waals surface area contributed by atoms with Gasteiger partial charge in [0.15, 0.2) is 0 Å². The summed E-state index contributed by atoms with van der Waals surface area (Å²) >= 11 is 0. The number of hydrazine groups is 1. The van der Waals surface area contributed by atoms with Gasteiger partial charge in [0.25, 0.3) is 5.91 Å². The van der Waals surface area contributed by atoms with E-state index in [1.54, 1.807) is 11.0 Å². The number of nitrogens with one attached hydrogen (secondary N) is 1. The molecule has 8 nitrogen and oxygen atoms in total. The predicted molar refractivity (Wildman–Crippen MR) is 88.0 cm³/mol. The number of halogens is 1. The zero-order valence-corrected chi connectivity index (χ0v) is 13.8. The maximum atomic E-state index is 14.4. The van der Waals surface area contributed by atoms with Gasteiger partial charge in [-0.15, -0.1) is 0 Å². The van der Waals surface area contributed by atoms with Crippen LogP contribution >= 0.6 is 0 Å². The van der Waals surface area contributed by atoms with Crippen LogP contribution in [-0.2, 0) is 11.2 Å². The standard InChI is InChI=1S/C16H22FN5O3/c17-14-6-11(15(23)20-19)2-1-10(14)5-12-7-21(13-8-25-9-13)3-4-22(12)16(18)24/h1-2,6,12-13H,3-5,7-9,19H2,(H2,18,24)(H,20,23). The maximum Gasteiger partial charge on any atom is 0.315 e. The largest absolute Gasteiger partial charge is 0.378 e. The van der Waals surface area contributed by atoms with Crippen LogP contribution in [0, 0.1) is 5.82 Å². The number of amides is 3. The van der Waals surface area contributed by atoms with E-state index in [9.17, 15) is 14.0 Å². The normalized spacial score (nSPS) is 21.7. The summed E-state index contributed by atoms with van der Waals surface area (Å²) in [7, 11) is 0. The number of piperazine rings is 1. The van der Waals surface area contributed by atoms with Gasteiger partial charge in [-0.2, -0.15) is 0 Å². The van der Waals surface area contributed by atoms with E-state index < -0.39 is 17.8 Å². The first-order chi connectivity index (χ1) is 12.0. The van der Waals surface area contributed by atoms with E-state index >= 15 is 0 Å². The molecule has 2 aliphatic rings. The third kappa shape index (κ3) is 3.73. The van der Waals surface area contributed by atoms with E-state index in [-0.39, 0.29) is 11.6 Å². The number of ether oxygens (including phenoxy) is 1. The van der Waals surface area contributed by atoms with Gasteiger partial charge in [0.2, 0.25) is 0 Å². The topological polar surface area (TPSA) is 114 Å². The highest BCUT2D eigenvalue weighted by atomic mass is 19.1. The van der Waals surface area contributed by atoms with Crippen molar-refractivity contribution in [3.8, 4) is 0 Å². The minimum atomic E-state index is -0.557. The number of carbonyl (C=O) groups is 2. The lowest BCUT2D eigenvalue weighted by Crippen LogP contribution is -2.62. The Balaban J connectivity index is 1.75. The molecular weight excluding hydrogens is 329 g/mol. The summed E-state index contributed by atoms with van der Waals surface area (Å²) in [6.45, 7) is 3.21. The number of carbonyl (C=O) groups excluding carboxylic acids is 2. The third-order valence-electron chi connectivity index (χ3n) is 4.84. The van der Waals surface area contributed by atoms with Crippen molar-refractivity contribution in [2.45, 2.75) is 18.5 Å². The van der Waals surface area contributed by atoms with Crippen LogP contribution in [0.3, 0.4) is 0 Å². The molecule has 9 heteroatoms. The fraction of sp³-hybridized carbons (Fsp3) is 0.500. The molecular formula is C16H22FN5O3. The first kappa shape index (κ1) is 17.6. The van der Waals surface area contributed by atoms with Crippen molar-refractivity contribution in [1.29, 1.82) is 0 Å². The van der Waals surface area contributed by atoms with E-state index in [1.807, 2.05) is 5.43 Å². The summed E-state index contributed by atoms with van der Waals surface area (Å²) in [5.74, 6) is 4.00. The first-order valence-electron chi connectivity index (χ1n) is 8.17. The Morgan fingerprint density at radius 2 is 2.08 bits per heavy atom. The van der Waals surface area contributed by atoms with Crippen molar-refractivity contribution in [1.82, 2.24) is 15.2 Å². The second kappa shape index (κ2) is 7.34. The van der Waals surface area contributed by atoms with Crippen LogP contribution in [0.4, 0.5) is 9.18 Å². The minimum Gasteiger partial charge on any atom is -0.378 e. The molecule has 2 fully saturated rings. The molecule has 0 saturated carbocycles. The molecule has 0 aromatic heterocycles. The van der Waals surface area contributed by atoms with Crippen LogP contribution in [0.1, 0.15) is 15.9 Å². The average Bonchev–Trinajstić information content (AvgIpc) is 2.54. The number of nitrogen functional groups attached to an aromatic ring is 1. The van der Waals surface area contributed by atoms with Gasteiger partial charge in [-0.3, -0.25) is 15.1 Å². The van der Waals surface area contributed by atoms with Crippen LogP contribution in [0.15, 0.2) is 18.2 Å². The molecule has 3 amide bonds. The maximum absolute atomic E-state index is 14.4. The van der Waals surface area contributed by atoms with Crippen molar-refractivity contribution >= 4 is 11.9 Å². The zero-order valence-electron chi connectivity index (χ0n) is 13.8. The molecule has 3 rings (SSSR count). The van der Waals surface area contributed by atoms with Crippen LogP contribution in [0.25, 0.3) is 0 Å². The summed E-state index contributed by atoms with van der Waals surface area (Å²) in [6.07, 6.45) is 0.323. The molecule has 1 unspecified atom stereocenters. The highest BCUT2D eigenvalue weighted by Crippen LogP contribution is 2.21. The summed E-state index contributed by atoms with van der Waals surface area (Å²) in [5, 5.41) is 0. The fourth-order valence-corrected chi connectivity index (χ4v) is 3.30. The van der Waals surface area contributed by atoms with Gasteiger partial charge in [0, 0.05) is 25.2 Å². The SMILES string of the molecule is NNC(=O)c1ccc(CC2CN(C3COC3)CCN2C(N)=O)c(F)c1. The van der Waals surface area contributed by atoms with Gasteiger partial charge in [0.05, 0.1) is 25.3 Å². The van der Waals surface area contributed by atoms with Crippen LogP contribution in [0.5, 0.6) is 0 Å². The van der Waals surface area contributed by atoms with Gasteiger partial charge >= 0.3 is 6.03 Å². The average molecular weight is 351 g/mol. The van der Waals surface area contributed by atoms with Gasteiger partial charge in [0.1, 0.15) is 5.82 Å². The number of nitrogens with two attached hydrogens (primary N) is 2. The van der Waals surface area contributed by atoms with E-state index in [2.05, 4.69) is 4.90 Å². The summed E-state index contributed by atoms with van der Waals surface area (Å²) < 4.78 is 19.6. The molecule has 2 aliphatic heterocycles. The summed E-state index contributed by atoms with van der Waals surface area (Å²) in [4.78, 5) is 27.0. The Morgan fingerprint density at radius 3 is 2.64 bits per heavy atom. The Hall–Kier alpha value is -2.23. The molecule has 0 aliphatic carbocycles. The second-order valence-corrected chi connectivity index (χ2v) is 6.36. The van der Waals surface area contributed by atoms with E-state index in [1.165, 1.54) is 6.07 Å². The van der Waals surface area contributed by atoms with Crippen molar-refractivity contribution in [3.63, 3.8) is 0 Å². The van der Waals surface area contributed by atoms with Crippen LogP contribution in [-0.4, -0.2) is 66.7 Å². The summed E-state index contributed by atoms with van der Waals surface area (Å²) in [5.41, 5.74) is 8.02. The lowest BCUT2D eigenvalue weighted by molar-refractivity contribution is -0.0813. The number of nitrogens with zero attached hydrogens (tertiary/aromatic N) is 2. The molecule has 5 N–H and O–H groups in total. The number of hydrogen-bond donors (Lipinski definition) is 3. The molecule has 2 saturated heterocycles. The van der Waals surface area contributed by atoms with E-state index in [0.717, 1.165) is 12.6 Å². The van der Waals surface area contributed by atoms with Crippen molar-refractivity contribution < 1.29 is 18.7 Å². The Labute approximate surface area is 144 Å². The molecule has 25 heavy (non-hydrogen) atoms. The number of urea groups is 1. The Morgan fingerprint density at radius 1 is 1.32 bits per heavy atom. The monoisotopic (exact) mass is 351 g/mol. The predicted octanol–water partition coefficient (Wildman–Crippen LogP) is -0.565. The molecule has 1 aromatic rings. The molecule has 0 radical (unpaired) electrons. The first-order valence-corrected chi connectivity index (χ1v) is 8.17. The Bertz CT molecular complexity index is 667. The zero-order chi connectivity index (χ0) is 18.0. The number of hydrogen-bond acceptors (Lipinski definition) is 5. The smallest absolute Gasteiger partial charge is 0.315 e. The minimum absolute atomic E-state index is 0.146. The van der Waals surface area contributed by atoms with Gasteiger partial charge in [-0.05, 0) is 24.1 Å². The van der Waals surface area contributed by atoms with Crippen molar-refractivity contribution in [3.05, 3.63) is 35.1 Å². The van der Waals surface area contributed by atoms with Gasteiger partial charge < -0.3 is 15.4 Å². The molecule has 1 aromatic carbocycles. The lowest BCUT2D eigenvalue weighted by atomic mass is 9.99. The highest BCUT2D eigenvalue weighted by Gasteiger charge is 2.35. The number of rotatable bonds is 4.